The Morgan fingerprint density at radius 1 is 1.11 bits per heavy atom. The number of amides is 1. The highest BCUT2D eigenvalue weighted by Gasteiger charge is 2.28. The second kappa shape index (κ2) is 7.37. The van der Waals surface area contributed by atoms with E-state index in [9.17, 15) is 9.59 Å². The number of likely N-dealkylation sites (tertiary alicyclic amines) is 1. The molecule has 1 aromatic heterocycles. The van der Waals surface area contributed by atoms with Crippen molar-refractivity contribution >= 4 is 22.6 Å². The standard InChI is InChI=1S/C22H23N3O2/c1-15-20(18-9-5-6-10-19(18)23-15)21(26)22(27)24-17-11-12-25(14-17)13-16-7-3-2-4-8-16/h2-10,17,23H,11-14H2,1H3,(H,24,27)/t17-/m0/s1. The third-order valence-electron chi connectivity index (χ3n) is 5.18. The minimum atomic E-state index is -0.519. The van der Waals surface area contributed by atoms with Crippen LogP contribution in [0.15, 0.2) is 54.6 Å². The number of rotatable bonds is 5. The summed E-state index contributed by atoms with van der Waals surface area (Å²) in [6.45, 7) is 4.38. The number of nitrogens with zero attached hydrogens (tertiary/aromatic N) is 1. The van der Waals surface area contributed by atoms with Crippen molar-refractivity contribution in [2.45, 2.75) is 25.9 Å². The van der Waals surface area contributed by atoms with Crippen LogP contribution in [0.1, 0.15) is 28.0 Å². The molecule has 0 spiro atoms. The van der Waals surface area contributed by atoms with Crippen LogP contribution < -0.4 is 5.32 Å². The largest absolute Gasteiger partial charge is 0.358 e. The molecule has 1 aliphatic rings. The van der Waals surface area contributed by atoms with Crippen LogP contribution in [-0.2, 0) is 11.3 Å². The van der Waals surface area contributed by atoms with Crippen molar-refractivity contribution in [2.24, 2.45) is 0 Å². The third-order valence-corrected chi connectivity index (χ3v) is 5.18. The highest BCUT2D eigenvalue weighted by atomic mass is 16.2. The zero-order valence-corrected chi connectivity index (χ0v) is 15.4. The highest BCUT2D eigenvalue weighted by Crippen LogP contribution is 2.22. The Hall–Kier alpha value is -2.92. The van der Waals surface area contributed by atoms with Crippen molar-refractivity contribution < 1.29 is 9.59 Å². The molecule has 2 heterocycles. The number of carbonyl (C=O) groups is 2. The lowest BCUT2D eigenvalue weighted by molar-refractivity contribution is -0.117. The zero-order valence-electron chi connectivity index (χ0n) is 15.4. The molecule has 4 rings (SSSR count). The molecule has 0 unspecified atom stereocenters. The molecule has 0 aliphatic carbocycles. The molecule has 1 amide bonds. The number of fused-ring (bicyclic) bond motifs is 1. The van der Waals surface area contributed by atoms with Gasteiger partial charge in [0.15, 0.2) is 0 Å². The monoisotopic (exact) mass is 361 g/mol. The number of aromatic nitrogens is 1. The first-order valence-electron chi connectivity index (χ1n) is 9.30. The second-order valence-electron chi connectivity index (χ2n) is 7.18. The Morgan fingerprint density at radius 2 is 1.85 bits per heavy atom. The van der Waals surface area contributed by atoms with Gasteiger partial charge >= 0.3 is 0 Å². The number of nitrogens with one attached hydrogen (secondary N) is 2. The summed E-state index contributed by atoms with van der Waals surface area (Å²) in [7, 11) is 0. The second-order valence-corrected chi connectivity index (χ2v) is 7.18. The summed E-state index contributed by atoms with van der Waals surface area (Å²) in [6, 6.07) is 17.9. The summed E-state index contributed by atoms with van der Waals surface area (Å²) in [5.41, 5.74) is 3.34. The van der Waals surface area contributed by atoms with E-state index >= 15 is 0 Å². The van der Waals surface area contributed by atoms with Crippen molar-refractivity contribution in [1.82, 2.24) is 15.2 Å². The molecule has 138 valence electrons. The molecule has 2 N–H and O–H groups in total. The molecule has 3 aromatic rings. The molecule has 27 heavy (non-hydrogen) atoms. The summed E-state index contributed by atoms with van der Waals surface area (Å²) >= 11 is 0. The lowest BCUT2D eigenvalue weighted by Gasteiger charge is -2.16. The van der Waals surface area contributed by atoms with Gasteiger partial charge in [0.25, 0.3) is 11.7 Å². The van der Waals surface area contributed by atoms with Gasteiger partial charge in [-0.25, -0.2) is 0 Å². The third kappa shape index (κ3) is 3.64. The van der Waals surface area contributed by atoms with Crippen LogP contribution in [0.3, 0.4) is 0 Å². The Morgan fingerprint density at radius 3 is 2.67 bits per heavy atom. The van der Waals surface area contributed by atoms with Crippen molar-refractivity contribution in [3.05, 3.63) is 71.4 Å². The van der Waals surface area contributed by atoms with Crippen molar-refractivity contribution in [1.29, 1.82) is 0 Å². The summed E-state index contributed by atoms with van der Waals surface area (Å²) in [5.74, 6) is -0.985. The van der Waals surface area contributed by atoms with Gasteiger partial charge in [-0.3, -0.25) is 14.5 Å². The number of Topliss-reactive ketones (excluding diaryl/α,β-unsaturated/α-hetero) is 1. The van der Waals surface area contributed by atoms with Crippen LogP contribution in [0, 0.1) is 6.92 Å². The van der Waals surface area contributed by atoms with E-state index in [0.717, 1.165) is 42.7 Å². The minimum Gasteiger partial charge on any atom is -0.358 e. The number of benzene rings is 2. The topological polar surface area (TPSA) is 65.2 Å². The van der Waals surface area contributed by atoms with Crippen LogP contribution in [0.5, 0.6) is 0 Å². The number of carbonyl (C=O) groups excluding carboxylic acids is 2. The SMILES string of the molecule is Cc1[nH]c2ccccc2c1C(=O)C(=O)N[C@H]1CCN(Cc2ccccc2)C1. The number of aromatic amines is 1. The summed E-state index contributed by atoms with van der Waals surface area (Å²) < 4.78 is 0. The van der Waals surface area contributed by atoms with E-state index < -0.39 is 11.7 Å². The summed E-state index contributed by atoms with van der Waals surface area (Å²) in [6.07, 6.45) is 0.860. The number of aryl methyl sites for hydroxylation is 1. The Balaban J connectivity index is 1.40. The van der Waals surface area contributed by atoms with Gasteiger partial charge in [-0.2, -0.15) is 0 Å². The molecule has 0 saturated carbocycles. The van der Waals surface area contributed by atoms with E-state index in [2.05, 4.69) is 27.3 Å². The van der Waals surface area contributed by atoms with E-state index in [4.69, 9.17) is 0 Å². The maximum Gasteiger partial charge on any atom is 0.292 e. The number of H-pyrrole nitrogens is 1. The fraction of sp³-hybridized carbons (Fsp3) is 0.273. The number of hydrogen-bond donors (Lipinski definition) is 2. The van der Waals surface area contributed by atoms with Crippen molar-refractivity contribution in [2.75, 3.05) is 13.1 Å². The molecular formula is C22H23N3O2. The first-order chi connectivity index (χ1) is 13.1. The maximum absolute atomic E-state index is 12.8. The predicted octanol–water partition coefficient (Wildman–Crippen LogP) is 3.05. The van der Waals surface area contributed by atoms with Crippen LogP contribution in [0.25, 0.3) is 10.9 Å². The van der Waals surface area contributed by atoms with Gasteiger partial charge in [0.2, 0.25) is 0 Å². The summed E-state index contributed by atoms with van der Waals surface area (Å²) in [5, 5.41) is 3.73. The molecule has 2 aromatic carbocycles. The number of ketones is 1. The smallest absolute Gasteiger partial charge is 0.292 e. The van der Waals surface area contributed by atoms with Gasteiger partial charge in [-0.05, 0) is 25.0 Å². The van der Waals surface area contributed by atoms with E-state index in [1.807, 2.05) is 49.4 Å². The van der Waals surface area contributed by atoms with E-state index in [-0.39, 0.29) is 6.04 Å². The fourth-order valence-electron chi connectivity index (χ4n) is 3.87. The number of hydrogen-bond acceptors (Lipinski definition) is 3. The Labute approximate surface area is 158 Å². The van der Waals surface area contributed by atoms with Gasteiger partial charge in [0.1, 0.15) is 0 Å². The van der Waals surface area contributed by atoms with Crippen LogP contribution >= 0.6 is 0 Å². The lowest BCUT2D eigenvalue weighted by Crippen LogP contribution is -2.41. The molecule has 1 aliphatic heterocycles. The maximum atomic E-state index is 12.8. The van der Waals surface area contributed by atoms with Gasteiger partial charge in [0, 0.05) is 42.3 Å². The average Bonchev–Trinajstić information content (AvgIpc) is 3.24. The lowest BCUT2D eigenvalue weighted by atomic mass is 10.1. The molecule has 5 nitrogen and oxygen atoms in total. The first-order valence-corrected chi connectivity index (χ1v) is 9.30. The van der Waals surface area contributed by atoms with Gasteiger partial charge in [-0.1, -0.05) is 48.5 Å². The molecular weight excluding hydrogens is 338 g/mol. The zero-order chi connectivity index (χ0) is 18.8. The van der Waals surface area contributed by atoms with E-state index in [0.29, 0.717) is 5.56 Å². The molecule has 1 fully saturated rings. The summed E-state index contributed by atoms with van der Waals surface area (Å²) in [4.78, 5) is 30.8. The molecule has 1 atom stereocenters. The van der Waals surface area contributed by atoms with E-state index in [1.165, 1.54) is 5.56 Å². The Kier molecular flexibility index (Phi) is 4.77. The number of para-hydroxylation sites is 1. The minimum absolute atomic E-state index is 0.00988. The average molecular weight is 361 g/mol. The van der Waals surface area contributed by atoms with E-state index in [1.54, 1.807) is 0 Å². The Bertz CT molecular complexity index is 978. The first kappa shape index (κ1) is 17.5. The van der Waals surface area contributed by atoms with Gasteiger partial charge in [-0.15, -0.1) is 0 Å². The van der Waals surface area contributed by atoms with Gasteiger partial charge < -0.3 is 10.3 Å². The van der Waals surface area contributed by atoms with Crippen LogP contribution in [0.2, 0.25) is 0 Å². The van der Waals surface area contributed by atoms with Crippen LogP contribution in [0.4, 0.5) is 0 Å². The molecule has 1 saturated heterocycles. The van der Waals surface area contributed by atoms with Crippen LogP contribution in [-0.4, -0.2) is 40.7 Å². The molecule has 5 heteroatoms. The van der Waals surface area contributed by atoms with Crippen molar-refractivity contribution in [3.63, 3.8) is 0 Å². The quantitative estimate of drug-likeness (QED) is 0.542. The molecule has 0 radical (unpaired) electrons. The predicted molar refractivity (Wildman–Crippen MR) is 106 cm³/mol. The van der Waals surface area contributed by atoms with Crippen molar-refractivity contribution in [3.8, 4) is 0 Å². The van der Waals surface area contributed by atoms with Gasteiger partial charge in [0.05, 0.1) is 5.56 Å². The highest BCUT2D eigenvalue weighted by molar-refractivity contribution is 6.45. The fourth-order valence-corrected chi connectivity index (χ4v) is 3.87. The normalized spacial score (nSPS) is 17.3. The molecule has 0 bridgehead atoms.